The molecule has 2 aromatic rings. The van der Waals surface area contributed by atoms with Crippen molar-refractivity contribution in [3.63, 3.8) is 0 Å². The highest BCUT2D eigenvalue weighted by molar-refractivity contribution is 5.98. The average Bonchev–Trinajstić information content (AvgIpc) is 3.18. The number of Topliss-reactive ketones (excluding diaryl/α,β-unsaturated/α-hetero) is 1. The van der Waals surface area contributed by atoms with E-state index in [2.05, 4.69) is 17.4 Å². The van der Waals surface area contributed by atoms with Crippen LogP contribution in [-0.4, -0.2) is 41.1 Å². The molecule has 0 spiro atoms. The highest BCUT2D eigenvalue weighted by atomic mass is 16.2. The van der Waals surface area contributed by atoms with Gasteiger partial charge < -0.3 is 10.2 Å². The van der Waals surface area contributed by atoms with E-state index < -0.39 is 0 Å². The Bertz CT molecular complexity index is 928. The Morgan fingerprint density at radius 3 is 2.42 bits per heavy atom. The van der Waals surface area contributed by atoms with E-state index in [1.807, 2.05) is 53.4 Å². The van der Waals surface area contributed by atoms with Gasteiger partial charge in [0.2, 0.25) is 11.8 Å². The number of benzene rings is 2. The van der Waals surface area contributed by atoms with Gasteiger partial charge in [-0.3, -0.25) is 14.4 Å². The van der Waals surface area contributed by atoms with E-state index in [1.165, 1.54) is 5.56 Å². The van der Waals surface area contributed by atoms with Crippen molar-refractivity contribution in [1.82, 2.24) is 10.2 Å². The van der Waals surface area contributed by atoms with E-state index >= 15 is 0 Å². The van der Waals surface area contributed by atoms with Gasteiger partial charge in [0.15, 0.2) is 5.78 Å². The van der Waals surface area contributed by atoms with E-state index in [1.54, 1.807) is 0 Å². The molecule has 2 fully saturated rings. The maximum absolute atomic E-state index is 13.0. The smallest absolute Gasteiger partial charge is 0.222 e. The van der Waals surface area contributed by atoms with Crippen LogP contribution in [0.3, 0.4) is 0 Å². The molecule has 0 unspecified atom stereocenters. The molecular weight excluding hydrogens is 388 g/mol. The van der Waals surface area contributed by atoms with Crippen LogP contribution >= 0.6 is 0 Å². The van der Waals surface area contributed by atoms with Crippen molar-refractivity contribution in [1.29, 1.82) is 0 Å². The predicted octanol–water partition coefficient (Wildman–Crippen LogP) is 3.78. The number of amides is 2. The van der Waals surface area contributed by atoms with Crippen LogP contribution in [0.25, 0.3) is 0 Å². The lowest BCUT2D eigenvalue weighted by Crippen LogP contribution is -2.46. The van der Waals surface area contributed by atoms with E-state index in [-0.39, 0.29) is 29.1 Å². The van der Waals surface area contributed by atoms with E-state index in [0.29, 0.717) is 32.4 Å². The Hall–Kier alpha value is -2.95. The molecule has 0 aromatic heterocycles. The van der Waals surface area contributed by atoms with Gasteiger partial charge in [-0.05, 0) is 37.7 Å². The molecule has 5 nitrogen and oxygen atoms in total. The second kappa shape index (κ2) is 9.46. The van der Waals surface area contributed by atoms with Crippen molar-refractivity contribution in [2.75, 3.05) is 13.1 Å². The molecule has 2 amide bonds. The van der Waals surface area contributed by atoms with Gasteiger partial charge in [0.05, 0.1) is 0 Å². The fourth-order valence-corrected chi connectivity index (χ4v) is 4.93. The first kappa shape index (κ1) is 21.3. The van der Waals surface area contributed by atoms with Gasteiger partial charge in [-0.25, -0.2) is 0 Å². The number of piperidine rings is 1. The molecule has 31 heavy (non-hydrogen) atoms. The molecule has 2 aliphatic heterocycles. The molecule has 0 radical (unpaired) electrons. The zero-order valence-electron chi connectivity index (χ0n) is 17.9. The second-order valence-corrected chi connectivity index (χ2v) is 8.90. The summed E-state index contributed by atoms with van der Waals surface area (Å²) in [4.78, 5) is 39.7. The highest BCUT2D eigenvalue weighted by Crippen LogP contribution is 2.30. The summed E-state index contributed by atoms with van der Waals surface area (Å²) in [5.74, 6) is 0.139. The standard InChI is InChI=1S/C26H30N2O3/c29-23-13-15-26(27-23,18-20-8-3-1-4-9-20)16-14-24(30)28-17-7-12-22(19-28)25(31)21-10-5-2-6-11-21/h1-6,8-11,22H,7,12-19H2,(H,27,29)/t22-,26+/m0/s1. The molecular formula is C26H30N2O3. The van der Waals surface area contributed by atoms with Gasteiger partial charge in [0.1, 0.15) is 0 Å². The molecule has 4 rings (SSSR count). The lowest BCUT2D eigenvalue weighted by Gasteiger charge is -2.34. The van der Waals surface area contributed by atoms with Crippen LogP contribution in [0.4, 0.5) is 0 Å². The molecule has 2 saturated heterocycles. The van der Waals surface area contributed by atoms with Crippen molar-refractivity contribution < 1.29 is 14.4 Å². The summed E-state index contributed by atoms with van der Waals surface area (Å²) < 4.78 is 0. The summed E-state index contributed by atoms with van der Waals surface area (Å²) in [6.45, 7) is 1.19. The van der Waals surface area contributed by atoms with Crippen LogP contribution < -0.4 is 5.32 Å². The maximum atomic E-state index is 13.0. The predicted molar refractivity (Wildman–Crippen MR) is 120 cm³/mol. The van der Waals surface area contributed by atoms with Crippen molar-refractivity contribution in [2.45, 2.75) is 50.5 Å². The number of ketones is 1. The first-order valence-electron chi connectivity index (χ1n) is 11.3. The van der Waals surface area contributed by atoms with Gasteiger partial charge in [-0.1, -0.05) is 60.7 Å². The molecule has 2 atom stereocenters. The van der Waals surface area contributed by atoms with Gasteiger partial charge in [-0.15, -0.1) is 0 Å². The van der Waals surface area contributed by atoms with Crippen molar-refractivity contribution >= 4 is 17.6 Å². The largest absolute Gasteiger partial charge is 0.350 e. The summed E-state index contributed by atoms with van der Waals surface area (Å²) in [6, 6.07) is 19.5. The van der Waals surface area contributed by atoms with Crippen LogP contribution in [0.2, 0.25) is 0 Å². The molecule has 2 heterocycles. The SMILES string of the molecule is O=C1CC[C@@](CCC(=O)N2CCC[C@H](C(=O)c3ccccc3)C2)(Cc2ccccc2)N1. The molecule has 2 aliphatic rings. The fourth-order valence-electron chi connectivity index (χ4n) is 4.93. The number of nitrogens with one attached hydrogen (secondary N) is 1. The lowest BCUT2D eigenvalue weighted by molar-refractivity contribution is -0.133. The molecule has 1 N–H and O–H groups in total. The third kappa shape index (κ3) is 5.22. The number of carbonyl (C=O) groups excluding carboxylic acids is 3. The first-order chi connectivity index (χ1) is 15.0. The Balaban J connectivity index is 1.37. The Labute approximate surface area is 183 Å². The number of rotatable bonds is 7. The summed E-state index contributed by atoms with van der Waals surface area (Å²) in [6.07, 6.45) is 4.69. The summed E-state index contributed by atoms with van der Waals surface area (Å²) in [5, 5.41) is 3.16. The maximum Gasteiger partial charge on any atom is 0.222 e. The zero-order chi connectivity index (χ0) is 21.7. The monoisotopic (exact) mass is 418 g/mol. The van der Waals surface area contributed by atoms with E-state index in [9.17, 15) is 14.4 Å². The van der Waals surface area contributed by atoms with Crippen LogP contribution in [0.1, 0.15) is 54.4 Å². The minimum absolute atomic E-state index is 0.0647. The van der Waals surface area contributed by atoms with E-state index in [4.69, 9.17) is 0 Å². The number of carbonyl (C=O) groups is 3. The quantitative estimate of drug-likeness (QED) is 0.696. The minimum atomic E-state index is -0.358. The van der Waals surface area contributed by atoms with Gasteiger partial charge in [0, 0.05) is 43.0 Å². The summed E-state index contributed by atoms with van der Waals surface area (Å²) in [5.41, 5.74) is 1.53. The van der Waals surface area contributed by atoms with Gasteiger partial charge >= 0.3 is 0 Å². The number of hydrogen-bond acceptors (Lipinski definition) is 3. The number of hydrogen-bond donors (Lipinski definition) is 1. The van der Waals surface area contributed by atoms with Crippen molar-refractivity contribution in [3.8, 4) is 0 Å². The number of nitrogens with zero attached hydrogens (tertiary/aromatic N) is 1. The second-order valence-electron chi connectivity index (χ2n) is 8.90. The van der Waals surface area contributed by atoms with E-state index in [0.717, 1.165) is 31.2 Å². The Morgan fingerprint density at radius 1 is 1.03 bits per heavy atom. The van der Waals surface area contributed by atoms with Gasteiger partial charge in [0.25, 0.3) is 0 Å². The average molecular weight is 419 g/mol. The molecule has 5 heteroatoms. The molecule has 0 aliphatic carbocycles. The topological polar surface area (TPSA) is 66.5 Å². The van der Waals surface area contributed by atoms with Crippen LogP contribution in [0.5, 0.6) is 0 Å². The first-order valence-corrected chi connectivity index (χ1v) is 11.3. The molecule has 2 aromatic carbocycles. The zero-order valence-corrected chi connectivity index (χ0v) is 17.9. The Morgan fingerprint density at radius 2 is 1.74 bits per heavy atom. The normalized spacial score (nSPS) is 23.4. The van der Waals surface area contributed by atoms with Crippen LogP contribution in [0.15, 0.2) is 60.7 Å². The molecule has 0 saturated carbocycles. The lowest BCUT2D eigenvalue weighted by atomic mass is 9.84. The third-order valence-corrected chi connectivity index (χ3v) is 6.64. The number of likely N-dealkylation sites (tertiary alicyclic amines) is 1. The summed E-state index contributed by atoms with van der Waals surface area (Å²) in [7, 11) is 0. The van der Waals surface area contributed by atoms with Crippen molar-refractivity contribution in [2.24, 2.45) is 5.92 Å². The molecule has 162 valence electrons. The van der Waals surface area contributed by atoms with Crippen LogP contribution in [0, 0.1) is 5.92 Å². The van der Waals surface area contributed by atoms with Crippen LogP contribution in [-0.2, 0) is 16.0 Å². The van der Waals surface area contributed by atoms with Crippen molar-refractivity contribution in [3.05, 3.63) is 71.8 Å². The Kier molecular flexibility index (Phi) is 6.50. The summed E-state index contributed by atoms with van der Waals surface area (Å²) >= 11 is 0. The third-order valence-electron chi connectivity index (χ3n) is 6.64. The molecule has 0 bridgehead atoms. The minimum Gasteiger partial charge on any atom is -0.350 e. The fraction of sp³-hybridized carbons (Fsp3) is 0.423. The van der Waals surface area contributed by atoms with Gasteiger partial charge in [-0.2, -0.15) is 0 Å². The highest BCUT2D eigenvalue weighted by Gasteiger charge is 2.38.